The molecule has 70 valence electrons. The Morgan fingerprint density at radius 2 is 2.23 bits per heavy atom. The first kappa shape index (κ1) is 8.91. The molecule has 1 aliphatic heterocycles. The predicted octanol–water partition coefficient (Wildman–Crippen LogP) is 1.64. The molecule has 0 aliphatic carbocycles. The SMILES string of the molecule is Cc1cc(Cl)nc(CN2CCC2)n1. The molecule has 1 aromatic rings. The van der Waals surface area contributed by atoms with Crippen molar-refractivity contribution < 1.29 is 0 Å². The van der Waals surface area contributed by atoms with Gasteiger partial charge in [-0.05, 0) is 32.5 Å². The third-order valence-electron chi connectivity index (χ3n) is 2.18. The van der Waals surface area contributed by atoms with Crippen molar-refractivity contribution in [3.05, 3.63) is 22.7 Å². The van der Waals surface area contributed by atoms with E-state index in [2.05, 4.69) is 14.9 Å². The van der Waals surface area contributed by atoms with Crippen LogP contribution in [0.2, 0.25) is 5.15 Å². The first-order valence-corrected chi connectivity index (χ1v) is 4.84. The first-order chi connectivity index (χ1) is 6.24. The van der Waals surface area contributed by atoms with Crippen LogP contribution in [0.25, 0.3) is 0 Å². The van der Waals surface area contributed by atoms with Gasteiger partial charge in [0.2, 0.25) is 0 Å². The lowest BCUT2D eigenvalue weighted by Crippen LogP contribution is -2.36. The summed E-state index contributed by atoms with van der Waals surface area (Å²) in [5, 5.41) is 0.544. The van der Waals surface area contributed by atoms with E-state index in [9.17, 15) is 0 Å². The maximum Gasteiger partial charge on any atom is 0.144 e. The zero-order chi connectivity index (χ0) is 9.26. The first-order valence-electron chi connectivity index (χ1n) is 4.46. The van der Waals surface area contributed by atoms with Crippen LogP contribution in [0.3, 0.4) is 0 Å². The topological polar surface area (TPSA) is 29.0 Å². The van der Waals surface area contributed by atoms with Crippen molar-refractivity contribution in [3.8, 4) is 0 Å². The number of aryl methyl sites for hydroxylation is 1. The molecule has 0 N–H and O–H groups in total. The van der Waals surface area contributed by atoms with Gasteiger partial charge in [0.25, 0.3) is 0 Å². The van der Waals surface area contributed by atoms with Gasteiger partial charge in [0.15, 0.2) is 0 Å². The lowest BCUT2D eigenvalue weighted by atomic mass is 10.2. The molecule has 3 nitrogen and oxygen atoms in total. The minimum absolute atomic E-state index is 0.544. The van der Waals surface area contributed by atoms with Gasteiger partial charge in [-0.25, -0.2) is 9.97 Å². The van der Waals surface area contributed by atoms with Gasteiger partial charge in [-0.3, -0.25) is 4.90 Å². The van der Waals surface area contributed by atoms with Gasteiger partial charge in [0.05, 0.1) is 6.54 Å². The predicted molar refractivity (Wildman–Crippen MR) is 51.7 cm³/mol. The highest BCUT2D eigenvalue weighted by Gasteiger charge is 2.15. The molecular weight excluding hydrogens is 186 g/mol. The third kappa shape index (κ3) is 2.17. The molecule has 1 saturated heterocycles. The molecule has 13 heavy (non-hydrogen) atoms. The Balaban J connectivity index is 2.10. The molecule has 0 atom stereocenters. The minimum atomic E-state index is 0.544. The second-order valence-corrected chi connectivity index (χ2v) is 3.77. The zero-order valence-corrected chi connectivity index (χ0v) is 8.38. The average molecular weight is 198 g/mol. The van der Waals surface area contributed by atoms with Gasteiger partial charge in [0, 0.05) is 5.69 Å². The fraction of sp³-hybridized carbons (Fsp3) is 0.556. The zero-order valence-electron chi connectivity index (χ0n) is 7.63. The number of rotatable bonds is 2. The fourth-order valence-electron chi connectivity index (χ4n) is 1.40. The molecule has 0 radical (unpaired) electrons. The molecule has 0 saturated carbocycles. The largest absolute Gasteiger partial charge is 0.296 e. The molecule has 0 spiro atoms. The smallest absolute Gasteiger partial charge is 0.144 e. The second-order valence-electron chi connectivity index (χ2n) is 3.38. The van der Waals surface area contributed by atoms with E-state index in [1.165, 1.54) is 6.42 Å². The van der Waals surface area contributed by atoms with Crippen LogP contribution in [0.4, 0.5) is 0 Å². The van der Waals surface area contributed by atoms with Crippen LogP contribution in [-0.2, 0) is 6.54 Å². The molecular formula is C9H12ClN3. The quantitative estimate of drug-likeness (QED) is 0.676. The summed E-state index contributed by atoms with van der Waals surface area (Å²) in [4.78, 5) is 10.8. The van der Waals surface area contributed by atoms with Crippen molar-refractivity contribution in [3.63, 3.8) is 0 Å². The normalized spacial score (nSPS) is 17.1. The van der Waals surface area contributed by atoms with Crippen LogP contribution in [0.1, 0.15) is 17.9 Å². The van der Waals surface area contributed by atoms with Crippen LogP contribution in [0.5, 0.6) is 0 Å². The van der Waals surface area contributed by atoms with Crippen molar-refractivity contribution in [1.82, 2.24) is 14.9 Å². The van der Waals surface area contributed by atoms with E-state index in [1.54, 1.807) is 6.07 Å². The molecule has 0 bridgehead atoms. The van der Waals surface area contributed by atoms with Crippen molar-refractivity contribution in [2.24, 2.45) is 0 Å². The Labute approximate surface area is 82.8 Å². The molecule has 4 heteroatoms. The molecule has 1 aromatic heterocycles. The average Bonchev–Trinajstić information content (AvgIpc) is 1.95. The van der Waals surface area contributed by atoms with Gasteiger partial charge >= 0.3 is 0 Å². The van der Waals surface area contributed by atoms with E-state index in [1.807, 2.05) is 6.92 Å². The third-order valence-corrected chi connectivity index (χ3v) is 2.38. The number of halogens is 1. The monoisotopic (exact) mass is 197 g/mol. The van der Waals surface area contributed by atoms with E-state index >= 15 is 0 Å². The van der Waals surface area contributed by atoms with Gasteiger partial charge < -0.3 is 0 Å². The minimum Gasteiger partial charge on any atom is -0.296 e. The summed E-state index contributed by atoms with van der Waals surface area (Å²) < 4.78 is 0. The van der Waals surface area contributed by atoms with Crippen molar-refractivity contribution in [2.45, 2.75) is 19.9 Å². The number of aromatic nitrogens is 2. The maximum atomic E-state index is 5.83. The lowest BCUT2D eigenvalue weighted by Gasteiger charge is -2.29. The standard InChI is InChI=1S/C9H12ClN3/c1-7-5-8(10)12-9(11-7)6-13-3-2-4-13/h5H,2-4,6H2,1H3. The summed E-state index contributed by atoms with van der Waals surface area (Å²) in [7, 11) is 0. The van der Waals surface area contributed by atoms with Crippen LogP contribution in [-0.4, -0.2) is 28.0 Å². The highest BCUT2D eigenvalue weighted by molar-refractivity contribution is 6.29. The Bertz CT molecular complexity index is 289. The highest BCUT2D eigenvalue weighted by Crippen LogP contribution is 2.12. The van der Waals surface area contributed by atoms with Gasteiger partial charge in [-0.1, -0.05) is 11.6 Å². The van der Waals surface area contributed by atoms with Crippen molar-refractivity contribution in [1.29, 1.82) is 0 Å². The van der Waals surface area contributed by atoms with Crippen LogP contribution < -0.4 is 0 Å². The molecule has 2 heterocycles. The van der Waals surface area contributed by atoms with Crippen LogP contribution in [0.15, 0.2) is 6.07 Å². The highest BCUT2D eigenvalue weighted by atomic mass is 35.5. The number of likely N-dealkylation sites (tertiary alicyclic amines) is 1. The van der Waals surface area contributed by atoms with Gasteiger partial charge in [-0.15, -0.1) is 0 Å². The molecule has 1 aliphatic rings. The molecule has 1 fully saturated rings. The Morgan fingerprint density at radius 1 is 1.46 bits per heavy atom. The summed E-state index contributed by atoms with van der Waals surface area (Å²) in [6, 6.07) is 1.78. The Kier molecular flexibility index (Phi) is 2.47. The Hall–Kier alpha value is -0.670. The van der Waals surface area contributed by atoms with E-state index in [4.69, 9.17) is 11.6 Å². The molecule has 0 amide bonds. The van der Waals surface area contributed by atoms with Gasteiger partial charge in [0.1, 0.15) is 11.0 Å². The molecule has 0 aromatic carbocycles. The second kappa shape index (κ2) is 3.60. The van der Waals surface area contributed by atoms with Crippen molar-refractivity contribution >= 4 is 11.6 Å². The van der Waals surface area contributed by atoms with E-state index < -0.39 is 0 Å². The number of hydrogen-bond donors (Lipinski definition) is 0. The van der Waals surface area contributed by atoms with E-state index in [0.717, 1.165) is 31.2 Å². The van der Waals surface area contributed by atoms with Crippen molar-refractivity contribution in [2.75, 3.05) is 13.1 Å². The van der Waals surface area contributed by atoms with E-state index in [-0.39, 0.29) is 0 Å². The summed E-state index contributed by atoms with van der Waals surface area (Å²) in [6.07, 6.45) is 1.29. The fourth-order valence-corrected chi connectivity index (χ4v) is 1.65. The number of hydrogen-bond acceptors (Lipinski definition) is 3. The maximum absolute atomic E-state index is 5.83. The summed E-state index contributed by atoms with van der Waals surface area (Å²) in [5.74, 6) is 0.838. The molecule has 0 unspecified atom stereocenters. The van der Waals surface area contributed by atoms with E-state index in [0.29, 0.717) is 5.15 Å². The number of nitrogens with zero attached hydrogens (tertiary/aromatic N) is 3. The lowest BCUT2D eigenvalue weighted by molar-refractivity contribution is 0.168. The summed E-state index contributed by atoms with van der Waals surface area (Å²) in [6.45, 7) is 5.10. The Morgan fingerprint density at radius 3 is 2.77 bits per heavy atom. The van der Waals surface area contributed by atoms with Crippen LogP contribution >= 0.6 is 11.6 Å². The van der Waals surface area contributed by atoms with Gasteiger partial charge in [-0.2, -0.15) is 0 Å². The summed E-state index contributed by atoms with van der Waals surface area (Å²) >= 11 is 5.83. The summed E-state index contributed by atoms with van der Waals surface area (Å²) in [5.41, 5.74) is 0.940. The molecule has 2 rings (SSSR count). The van der Waals surface area contributed by atoms with Crippen LogP contribution in [0, 0.1) is 6.92 Å².